The zero-order chi connectivity index (χ0) is 20.6. The van der Waals surface area contributed by atoms with Crippen LogP contribution in [0.3, 0.4) is 0 Å². The monoisotopic (exact) mass is 411 g/mol. The number of carbonyl (C=O) groups excluding carboxylic acids is 1. The maximum Gasteiger partial charge on any atom is 0.269 e. The molecule has 0 saturated carbocycles. The Labute approximate surface area is 169 Å². The smallest absolute Gasteiger partial charge is 0.269 e. The number of sulfone groups is 1. The van der Waals surface area contributed by atoms with Gasteiger partial charge in [-0.05, 0) is 47.0 Å². The van der Waals surface area contributed by atoms with Crippen LogP contribution in [-0.4, -0.2) is 43.0 Å². The lowest BCUT2D eigenvalue weighted by atomic mass is 10.0. The maximum absolute atomic E-state index is 12.2. The van der Waals surface area contributed by atoms with Gasteiger partial charge in [-0.1, -0.05) is 18.2 Å². The van der Waals surface area contributed by atoms with E-state index in [1.54, 1.807) is 43.6 Å². The third kappa shape index (κ3) is 4.02. The van der Waals surface area contributed by atoms with E-state index >= 15 is 0 Å². The van der Waals surface area contributed by atoms with Crippen LogP contribution in [0.4, 0.5) is 0 Å². The maximum atomic E-state index is 12.2. The van der Waals surface area contributed by atoms with Crippen LogP contribution in [0, 0.1) is 0 Å². The SMILES string of the molecule is Cn1nccc1C(=O)NCC1Cc2cc(-c3ccc(S(C)(=O)=O)cc3)ccc2O1. The third-order valence-corrected chi connectivity index (χ3v) is 6.09. The van der Waals surface area contributed by atoms with Crippen molar-refractivity contribution in [3.63, 3.8) is 0 Å². The molecule has 0 spiro atoms. The Balaban J connectivity index is 1.43. The molecule has 0 bridgehead atoms. The fourth-order valence-corrected chi connectivity index (χ4v) is 4.03. The first-order valence-electron chi connectivity index (χ1n) is 9.17. The topological polar surface area (TPSA) is 90.3 Å². The minimum atomic E-state index is -3.21. The molecule has 1 atom stereocenters. The quantitative estimate of drug-likeness (QED) is 0.695. The van der Waals surface area contributed by atoms with Gasteiger partial charge in [-0.3, -0.25) is 9.48 Å². The van der Waals surface area contributed by atoms with Gasteiger partial charge in [-0.15, -0.1) is 0 Å². The van der Waals surface area contributed by atoms with E-state index in [0.717, 1.165) is 22.4 Å². The molecule has 1 amide bonds. The number of rotatable bonds is 5. The molecule has 4 rings (SSSR count). The van der Waals surface area contributed by atoms with Gasteiger partial charge in [-0.2, -0.15) is 5.10 Å². The van der Waals surface area contributed by atoms with E-state index in [0.29, 0.717) is 23.6 Å². The van der Waals surface area contributed by atoms with E-state index < -0.39 is 9.84 Å². The first kappa shape index (κ1) is 19.2. The fraction of sp³-hybridized carbons (Fsp3) is 0.238. The second-order valence-corrected chi connectivity index (χ2v) is 9.13. The largest absolute Gasteiger partial charge is 0.488 e. The van der Waals surface area contributed by atoms with Gasteiger partial charge in [0.25, 0.3) is 5.91 Å². The fourth-order valence-electron chi connectivity index (χ4n) is 3.40. The summed E-state index contributed by atoms with van der Waals surface area (Å²) in [7, 11) is -1.49. The summed E-state index contributed by atoms with van der Waals surface area (Å²) in [5, 5.41) is 6.89. The molecule has 7 nitrogen and oxygen atoms in total. The number of hydrogen-bond donors (Lipinski definition) is 1. The number of aromatic nitrogens is 2. The zero-order valence-electron chi connectivity index (χ0n) is 16.1. The predicted molar refractivity (Wildman–Crippen MR) is 109 cm³/mol. The lowest BCUT2D eigenvalue weighted by molar-refractivity contribution is 0.0924. The lowest BCUT2D eigenvalue weighted by Gasteiger charge is -2.11. The highest BCUT2D eigenvalue weighted by molar-refractivity contribution is 7.90. The summed E-state index contributed by atoms with van der Waals surface area (Å²) in [4.78, 5) is 12.5. The Morgan fingerprint density at radius 3 is 2.55 bits per heavy atom. The van der Waals surface area contributed by atoms with Crippen molar-refractivity contribution in [2.45, 2.75) is 17.4 Å². The van der Waals surface area contributed by atoms with Crippen molar-refractivity contribution >= 4 is 15.7 Å². The molecule has 0 radical (unpaired) electrons. The standard InChI is InChI=1S/C21H21N3O4S/c1-24-19(9-10-23-24)21(25)22-13-17-12-16-11-15(5-8-20(16)28-17)14-3-6-18(7-4-14)29(2,26)27/h3-11,17H,12-13H2,1-2H3,(H,22,25). The molecule has 150 valence electrons. The van der Waals surface area contributed by atoms with Crippen LogP contribution in [0.25, 0.3) is 11.1 Å². The Bertz CT molecular complexity index is 1170. The van der Waals surface area contributed by atoms with E-state index in [-0.39, 0.29) is 12.0 Å². The van der Waals surface area contributed by atoms with Gasteiger partial charge in [0.2, 0.25) is 0 Å². The van der Waals surface area contributed by atoms with Gasteiger partial charge in [0, 0.05) is 25.9 Å². The van der Waals surface area contributed by atoms with E-state index in [9.17, 15) is 13.2 Å². The highest BCUT2D eigenvalue weighted by Crippen LogP contribution is 2.33. The molecule has 0 saturated heterocycles. The lowest BCUT2D eigenvalue weighted by Crippen LogP contribution is -2.35. The molecule has 1 aliphatic rings. The van der Waals surface area contributed by atoms with Crippen molar-refractivity contribution in [3.05, 3.63) is 66.0 Å². The average Bonchev–Trinajstić information content (AvgIpc) is 3.30. The summed E-state index contributed by atoms with van der Waals surface area (Å²) in [6, 6.07) is 14.4. The molecule has 3 aromatic rings. The van der Waals surface area contributed by atoms with Crippen LogP contribution in [0.1, 0.15) is 16.1 Å². The molecule has 8 heteroatoms. The van der Waals surface area contributed by atoms with Gasteiger partial charge < -0.3 is 10.1 Å². The van der Waals surface area contributed by atoms with E-state index in [4.69, 9.17) is 4.74 Å². The predicted octanol–water partition coefficient (Wildman–Crippen LogP) is 2.22. The summed E-state index contributed by atoms with van der Waals surface area (Å²) in [6.07, 6.45) is 3.34. The normalized spacial score (nSPS) is 15.6. The van der Waals surface area contributed by atoms with Crippen LogP contribution >= 0.6 is 0 Å². The van der Waals surface area contributed by atoms with Crippen molar-refractivity contribution < 1.29 is 17.9 Å². The van der Waals surface area contributed by atoms with Crippen LogP contribution in [0.5, 0.6) is 5.75 Å². The Kier molecular flexibility index (Phi) is 4.87. The van der Waals surface area contributed by atoms with Crippen molar-refractivity contribution in [2.75, 3.05) is 12.8 Å². The number of fused-ring (bicyclic) bond motifs is 1. The van der Waals surface area contributed by atoms with E-state index in [2.05, 4.69) is 10.4 Å². The second-order valence-electron chi connectivity index (χ2n) is 7.11. The van der Waals surface area contributed by atoms with E-state index in [1.807, 2.05) is 18.2 Å². The number of ether oxygens (including phenoxy) is 1. The number of carbonyl (C=O) groups is 1. The summed E-state index contributed by atoms with van der Waals surface area (Å²) in [6.45, 7) is 0.400. The van der Waals surface area contributed by atoms with E-state index in [1.165, 1.54) is 10.9 Å². The average molecular weight is 411 g/mol. The molecular formula is C21H21N3O4S. The highest BCUT2D eigenvalue weighted by atomic mass is 32.2. The van der Waals surface area contributed by atoms with Crippen molar-refractivity contribution in [2.24, 2.45) is 7.05 Å². The first-order chi connectivity index (χ1) is 13.8. The first-order valence-corrected chi connectivity index (χ1v) is 11.1. The Morgan fingerprint density at radius 1 is 1.17 bits per heavy atom. The second kappa shape index (κ2) is 7.36. The minimum absolute atomic E-state index is 0.134. The molecule has 0 fully saturated rings. The molecular weight excluding hydrogens is 390 g/mol. The molecule has 0 aliphatic carbocycles. The number of nitrogens with one attached hydrogen (secondary N) is 1. The summed E-state index contributed by atoms with van der Waals surface area (Å²) in [5.74, 6) is 0.623. The van der Waals surface area contributed by atoms with Crippen LogP contribution < -0.4 is 10.1 Å². The van der Waals surface area contributed by atoms with Crippen LogP contribution in [0.2, 0.25) is 0 Å². The number of nitrogens with zero attached hydrogens (tertiary/aromatic N) is 2. The number of aryl methyl sites for hydroxylation is 1. The Morgan fingerprint density at radius 2 is 1.90 bits per heavy atom. The van der Waals surface area contributed by atoms with Crippen LogP contribution in [-0.2, 0) is 23.3 Å². The summed E-state index contributed by atoms with van der Waals surface area (Å²) in [5.41, 5.74) is 3.50. The molecule has 1 aromatic heterocycles. The van der Waals surface area contributed by atoms with Gasteiger partial charge in [0.15, 0.2) is 9.84 Å². The van der Waals surface area contributed by atoms with Crippen molar-refractivity contribution in [3.8, 4) is 16.9 Å². The van der Waals surface area contributed by atoms with Gasteiger partial charge in [0.1, 0.15) is 17.5 Å². The van der Waals surface area contributed by atoms with Crippen molar-refractivity contribution in [1.82, 2.24) is 15.1 Å². The molecule has 29 heavy (non-hydrogen) atoms. The van der Waals surface area contributed by atoms with Gasteiger partial charge >= 0.3 is 0 Å². The summed E-state index contributed by atoms with van der Waals surface area (Å²) < 4.78 is 30.7. The van der Waals surface area contributed by atoms with Gasteiger partial charge in [-0.25, -0.2) is 8.42 Å². The Hall–Kier alpha value is -3.13. The number of hydrogen-bond acceptors (Lipinski definition) is 5. The molecule has 2 heterocycles. The van der Waals surface area contributed by atoms with Crippen LogP contribution in [0.15, 0.2) is 59.6 Å². The molecule has 1 aliphatic heterocycles. The number of benzene rings is 2. The highest BCUT2D eigenvalue weighted by Gasteiger charge is 2.24. The summed E-state index contributed by atoms with van der Waals surface area (Å²) >= 11 is 0. The van der Waals surface area contributed by atoms with Gasteiger partial charge in [0.05, 0.1) is 11.4 Å². The third-order valence-electron chi connectivity index (χ3n) is 4.96. The molecule has 1 unspecified atom stereocenters. The zero-order valence-corrected chi connectivity index (χ0v) is 16.9. The molecule has 1 N–H and O–H groups in total. The van der Waals surface area contributed by atoms with Crippen molar-refractivity contribution in [1.29, 1.82) is 0 Å². The molecule has 2 aromatic carbocycles. The number of amides is 1. The minimum Gasteiger partial charge on any atom is -0.488 e.